The maximum Gasteiger partial charge on any atom is 0.346 e. The van der Waals surface area contributed by atoms with Gasteiger partial charge in [-0.1, -0.05) is 0 Å². The van der Waals surface area contributed by atoms with Crippen LogP contribution in [0, 0.1) is 10.1 Å². The lowest BCUT2D eigenvalue weighted by molar-refractivity contribution is -0.384. The molecule has 2 rings (SSSR count). The average molecular weight is 393 g/mol. The molecule has 1 aliphatic rings. The van der Waals surface area contributed by atoms with Crippen molar-refractivity contribution in [1.29, 1.82) is 0 Å². The highest BCUT2D eigenvalue weighted by Crippen LogP contribution is 2.38. The minimum absolute atomic E-state index is 0.0739. The molecule has 0 saturated heterocycles. The van der Waals surface area contributed by atoms with Crippen LogP contribution in [-0.4, -0.2) is 22.1 Å². The number of hydrogen-bond donors (Lipinski definition) is 1. The Morgan fingerprint density at radius 3 is 2.32 bits per heavy atom. The van der Waals surface area contributed by atoms with E-state index in [9.17, 15) is 20.0 Å². The number of aliphatic hydroxyl groups is 1. The molecule has 1 heterocycles. The largest absolute Gasteiger partial charge is 0.450 e. The van der Waals surface area contributed by atoms with Gasteiger partial charge in [-0.3, -0.25) is 10.1 Å². The number of nitrogens with zero attached hydrogens (tertiary/aromatic N) is 1. The fraction of sp³-hybridized carbons (Fsp3) is 0.182. The number of carbonyl (C=O) groups excluding carboxylic acids is 1. The van der Waals surface area contributed by atoms with Crippen LogP contribution in [0.4, 0.5) is 5.69 Å². The molecular formula is C11H7Br2NO5. The standard InChI is InChI=1S/C11H7Br2NO5/c12-7-8(13)11(16)19-10(7)9(15)5-1-3-6(4-2-5)14(17)18/h1-4,9-10,15H/t9-,10-/m0/s1. The van der Waals surface area contributed by atoms with Crippen molar-refractivity contribution < 1.29 is 19.6 Å². The Kier molecular flexibility index (Phi) is 4.02. The van der Waals surface area contributed by atoms with Gasteiger partial charge in [0.05, 0.1) is 9.41 Å². The van der Waals surface area contributed by atoms with Crippen LogP contribution in [0.2, 0.25) is 0 Å². The van der Waals surface area contributed by atoms with E-state index in [1.165, 1.54) is 24.3 Å². The first-order chi connectivity index (χ1) is 8.91. The van der Waals surface area contributed by atoms with Gasteiger partial charge in [-0.25, -0.2) is 4.79 Å². The first kappa shape index (κ1) is 14.2. The second kappa shape index (κ2) is 5.40. The third-order valence-electron chi connectivity index (χ3n) is 2.60. The number of nitro groups is 1. The number of halogens is 2. The third-order valence-corrected chi connectivity index (χ3v) is 4.74. The van der Waals surface area contributed by atoms with Crippen molar-refractivity contribution in [3.8, 4) is 0 Å². The van der Waals surface area contributed by atoms with E-state index in [2.05, 4.69) is 31.9 Å². The summed E-state index contributed by atoms with van der Waals surface area (Å²) in [7, 11) is 0. The van der Waals surface area contributed by atoms with Gasteiger partial charge in [-0.2, -0.15) is 0 Å². The molecule has 0 radical (unpaired) electrons. The van der Waals surface area contributed by atoms with Gasteiger partial charge in [0, 0.05) is 12.1 Å². The zero-order valence-corrected chi connectivity index (χ0v) is 12.4. The molecule has 0 bridgehead atoms. The van der Waals surface area contributed by atoms with Crippen LogP contribution >= 0.6 is 31.9 Å². The van der Waals surface area contributed by atoms with E-state index in [4.69, 9.17) is 4.74 Å². The fourth-order valence-electron chi connectivity index (χ4n) is 1.61. The maximum atomic E-state index is 11.3. The van der Waals surface area contributed by atoms with E-state index in [0.717, 1.165) is 0 Å². The molecule has 0 aliphatic carbocycles. The van der Waals surface area contributed by atoms with E-state index in [1.54, 1.807) is 0 Å². The summed E-state index contributed by atoms with van der Waals surface area (Å²) in [6, 6.07) is 5.40. The van der Waals surface area contributed by atoms with Crippen LogP contribution in [0.25, 0.3) is 0 Å². The number of esters is 1. The Bertz CT molecular complexity index is 569. The van der Waals surface area contributed by atoms with Gasteiger partial charge < -0.3 is 9.84 Å². The Balaban J connectivity index is 2.23. The summed E-state index contributed by atoms with van der Waals surface area (Å²) >= 11 is 6.20. The number of ether oxygens (including phenoxy) is 1. The fourth-order valence-corrected chi connectivity index (χ4v) is 2.44. The quantitative estimate of drug-likeness (QED) is 0.485. The first-order valence-corrected chi connectivity index (χ1v) is 6.69. The summed E-state index contributed by atoms with van der Waals surface area (Å²) in [5.74, 6) is -0.571. The van der Waals surface area contributed by atoms with E-state index in [1.807, 2.05) is 0 Å². The van der Waals surface area contributed by atoms with Crippen LogP contribution in [0.15, 0.2) is 33.2 Å². The number of carbonyl (C=O) groups is 1. The Labute approximate surface area is 124 Å². The van der Waals surface area contributed by atoms with Gasteiger partial charge in [0.1, 0.15) is 10.6 Å². The second-order valence-corrected chi connectivity index (χ2v) is 5.43. The minimum atomic E-state index is -1.10. The second-order valence-electron chi connectivity index (χ2n) is 3.78. The number of benzene rings is 1. The lowest BCUT2D eigenvalue weighted by Crippen LogP contribution is -2.20. The van der Waals surface area contributed by atoms with Crippen LogP contribution in [0.3, 0.4) is 0 Å². The van der Waals surface area contributed by atoms with Crippen LogP contribution in [-0.2, 0) is 9.53 Å². The lowest BCUT2D eigenvalue weighted by Gasteiger charge is -2.18. The van der Waals surface area contributed by atoms with Crippen LogP contribution < -0.4 is 0 Å². The van der Waals surface area contributed by atoms with Crippen molar-refractivity contribution in [2.24, 2.45) is 0 Å². The highest BCUT2D eigenvalue weighted by molar-refractivity contribution is 9.14. The summed E-state index contributed by atoms with van der Waals surface area (Å²) in [5, 5.41) is 20.7. The van der Waals surface area contributed by atoms with E-state index in [0.29, 0.717) is 10.0 Å². The molecule has 0 fully saturated rings. The van der Waals surface area contributed by atoms with Crippen molar-refractivity contribution in [1.82, 2.24) is 0 Å². The van der Waals surface area contributed by atoms with Crippen molar-refractivity contribution >= 4 is 43.5 Å². The first-order valence-electron chi connectivity index (χ1n) is 5.10. The molecule has 100 valence electrons. The molecule has 1 N–H and O–H groups in total. The maximum absolute atomic E-state index is 11.3. The van der Waals surface area contributed by atoms with Gasteiger partial charge in [-0.05, 0) is 49.6 Å². The van der Waals surface area contributed by atoms with E-state index >= 15 is 0 Å². The molecule has 1 aliphatic heterocycles. The molecule has 0 spiro atoms. The molecule has 0 amide bonds. The summed E-state index contributed by atoms with van der Waals surface area (Å²) in [4.78, 5) is 21.3. The van der Waals surface area contributed by atoms with Crippen LogP contribution in [0.1, 0.15) is 11.7 Å². The number of hydrogen-bond acceptors (Lipinski definition) is 5. The number of aliphatic hydroxyl groups excluding tert-OH is 1. The summed E-state index contributed by atoms with van der Waals surface area (Å²) < 4.78 is 5.62. The zero-order chi connectivity index (χ0) is 14.2. The highest BCUT2D eigenvalue weighted by atomic mass is 79.9. The number of cyclic esters (lactones) is 1. The molecule has 0 saturated carbocycles. The van der Waals surface area contributed by atoms with E-state index < -0.39 is 23.1 Å². The smallest absolute Gasteiger partial charge is 0.346 e. The van der Waals surface area contributed by atoms with Crippen molar-refractivity contribution in [2.75, 3.05) is 0 Å². The monoisotopic (exact) mass is 391 g/mol. The van der Waals surface area contributed by atoms with Gasteiger partial charge >= 0.3 is 5.97 Å². The van der Waals surface area contributed by atoms with Gasteiger partial charge in [0.15, 0.2) is 6.10 Å². The molecule has 2 atom stereocenters. The van der Waals surface area contributed by atoms with Crippen molar-refractivity contribution in [3.05, 3.63) is 48.9 Å². The number of non-ortho nitro benzene ring substituents is 1. The Hall–Kier alpha value is -1.25. The van der Waals surface area contributed by atoms with Crippen LogP contribution in [0.5, 0.6) is 0 Å². The highest BCUT2D eigenvalue weighted by Gasteiger charge is 2.37. The van der Waals surface area contributed by atoms with Crippen molar-refractivity contribution in [2.45, 2.75) is 12.2 Å². The third kappa shape index (κ3) is 2.70. The summed E-state index contributed by atoms with van der Waals surface area (Å²) in [6.07, 6.45) is -1.96. The van der Waals surface area contributed by atoms with Gasteiger partial charge in [-0.15, -0.1) is 0 Å². The summed E-state index contributed by atoms with van der Waals surface area (Å²) in [6.45, 7) is 0. The average Bonchev–Trinajstić information content (AvgIpc) is 2.66. The lowest BCUT2D eigenvalue weighted by atomic mass is 10.0. The zero-order valence-electron chi connectivity index (χ0n) is 9.25. The molecular weight excluding hydrogens is 386 g/mol. The number of nitro benzene ring substituents is 1. The predicted molar refractivity (Wildman–Crippen MR) is 72.8 cm³/mol. The Morgan fingerprint density at radius 1 is 1.32 bits per heavy atom. The van der Waals surface area contributed by atoms with Gasteiger partial charge in [0.25, 0.3) is 5.69 Å². The minimum Gasteiger partial charge on any atom is -0.450 e. The molecule has 0 aromatic heterocycles. The van der Waals surface area contributed by atoms with Crippen molar-refractivity contribution in [3.63, 3.8) is 0 Å². The van der Waals surface area contributed by atoms with Gasteiger partial charge in [0.2, 0.25) is 0 Å². The van der Waals surface area contributed by atoms with E-state index in [-0.39, 0.29) is 10.2 Å². The summed E-state index contributed by atoms with van der Waals surface area (Å²) in [5.41, 5.74) is 0.345. The molecule has 1 aromatic carbocycles. The topological polar surface area (TPSA) is 89.7 Å². The molecule has 19 heavy (non-hydrogen) atoms. The number of rotatable bonds is 3. The Morgan fingerprint density at radius 2 is 1.89 bits per heavy atom. The predicted octanol–water partition coefficient (Wildman–Crippen LogP) is 2.56. The molecule has 8 heteroatoms. The molecule has 0 unspecified atom stereocenters. The molecule has 1 aromatic rings. The SMILES string of the molecule is O=C1O[C@H]([C@@H](O)c2ccc([N+](=O)[O-])cc2)C(Br)=C1Br. The normalized spacial score (nSPS) is 20.4. The molecule has 6 nitrogen and oxygen atoms in total.